The van der Waals surface area contributed by atoms with Crippen molar-refractivity contribution in [2.24, 2.45) is 0 Å². The van der Waals surface area contributed by atoms with Crippen molar-refractivity contribution in [3.05, 3.63) is 12.4 Å². The maximum atomic E-state index is 11.1. The molecule has 62 valence electrons. The van der Waals surface area contributed by atoms with Gasteiger partial charge in [-0.05, 0) is 6.42 Å². The van der Waals surface area contributed by atoms with Gasteiger partial charge in [0.15, 0.2) is 0 Å². The Labute approximate surface area is 65.4 Å². The monoisotopic (exact) mass is 156 g/mol. The molecule has 0 saturated heterocycles. The summed E-state index contributed by atoms with van der Waals surface area (Å²) in [6.07, 6.45) is 4.20. The predicted octanol–water partition coefficient (Wildman–Crippen LogP) is -0.0980. The third-order valence-electron chi connectivity index (χ3n) is 1.24. The molecule has 0 spiro atoms. The molecule has 1 aliphatic rings. The standard InChI is InChI=1S/C6H12N4O/c1-2-3-7-6(11)10-5-4-8-9-10/h4-5,8-9H,2-3H2,1H3,(H,7,11). The Morgan fingerprint density at radius 3 is 3.09 bits per heavy atom. The maximum Gasteiger partial charge on any atom is 0.337 e. The SMILES string of the molecule is CCCNC(=O)N1C=CNN1. The summed E-state index contributed by atoms with van der Waals surface area (Å²) in [7, 11) is 0. The van der Waals surface area contributed by atoms with Crippen LogP contribution in [0, 0.1) is 0 Å². The molecule has 1 aliphatic heterocycles. The van der Waals surface area contributed by atoms with E-state index in [2.05, 4.69) is 16.3 Å². The average molecular weight is 156 g/mol. The molecule has 2 amide bonds. The first kappa shape index (κ1) is 7.87. The van der Waals surface area contributed by atoms with E-state index in [0.717, 1.165) is 6.42 Å². The predicted molar refractivity (Wildman–Crippen MR) is 40.9 cm³/mol. The number of nitrogens with zero attached hydrogens (tertiary/aromatic N) is 1. The van der Waals surface area contributed by atoms with Crippen LogP contribution in [0.15, 0.2) is 12.4 Å². The molecule has 0 unspecified atom stereocenters. The minimum absolute atomic E-state index is 0.145. The van der Waals surface area contributed by atoms with Crippen LogP contribution < -0.4 is 16.3 Å². The fourth-order valence-electron chi connectivity index (χ4n) is 0.691. The highest BCUT2D eigenvalue weighted by atomic mass is 16.2. The molecule has 0 fully saturated rings. The van der Waals surface area contributed by atoms with Crippen molar-refractivity contribution >= 4 is 6.03 Å². The molecule has 0 atom stereocenters. The quantitative estimate of drug-likeness (QED) is 0.523. The minimum Gasteiger partial charge on any atom is -0.337 e. The van der Waals surface area contributed by atoms with Gasteiger partial charge in [-0.15, -0.1) is 5.53 Å². The summed E-state index contributed by atoms with van der Waals surface area (Å²) in [5.74, 6) is 0. The van der Waals surface area contributed by atoms with E-state index in [1.165, 1.54) is 5.01 Å². The number of amides is 2. The van der Waals surface area contributed by atoms with E-state index in [4.69, 9.17) is 0 Å². The molecule has 0 aliphatic carbocycles. The third-order valence-corrected chi connectivity index (χ3v) is 1.24. The molecule has 0 bridgehead atoms. The lowest BCUT2D eigenvalue weighted by Gasteiger charge is -2.13. The molecule has 11 heavy (non-hydrogen) atoms. The van der Waals surface area contributed by atoms with Gasteiger partial charge < -0.3 is 10.7 Å². The number of nitrogens with one attached hydrogen (secondary N) is 3. The Balaban J connectivity index is 2.23. The van der Waals surface area contributed by atoms with Crippen molar-refractivity contribution in [3.8, 4) is 0 Å². The number of hydrogen-bond acceptors (Lipinski definition) is 3. The Morgan fingerprint density at radius 1 is 1.73 bits per heavy atom. The van der Waals surface area contributed by atoms with Gasteiger partial charge in [0, 0.05) is 18.9 Å². The van der Waals surface area contributed by atoms with Crippen LogP contribution >= 0.6 is 0 Å². The van der Waals surface area contributed by atoms with Crippen LogP contribution in [0.2, 0.25) is 0 Å². The van der Waals surface area contributed by atoms with Crippen LogP contribution in [-0.2, 0) is 0 Å². The van der Waals surface area contributed by atoms with Gasteiger partial charge in [0.05, 0.1) is 0 Å². The van der Waals surface area contributed by atoms with Crippen molar-refractivity contribution in [1.82, 2.24) is 21.3 Å². The average Bonchev–Trinajstić information content (AvgIpc) is 2.52. The molecule has 0 aromatic heterocycles. The lowest BCUT2D eigenvalue weighted by Crippen LogP contribution is -2.45. The Hall–Kier alpha value is -1.23. The molecular formula is C6H12N4O. The second kappa shape index (κ2) is 3.82. The van der Waals surface area contributed by atoms with Crippen LogP contribution in [0.25, 0.3) is 0 Å². The molecule has 1 rings (SSSR count). The Morgan fingerprint density at radius 2 is 2.55 bits per heavy atom. The number of hydrazine groups is 2. The molecule has 0 radical (unpaired) electrons. The van der Waals surface area contributed by atoms with E-state index in [0.29, 0.717) is 6.54 Å². The first-order valence-electron chi connectivity index (χ1n) is 3.59. The van der Waals surface area contributed by atoms with Crippen molar-refractivity contribution in [2.75, 3.05) is 6.54 Å². The molecule has 5 heteroatoms. The number of hydrogen-bond donors (Lipinski definition) is 3. The van der Waals surface area contributed by atoms with E-state index < -0.39 is 0 Å². The van der Waals surface area contributed by atoms with Gasteiger partial charge in [-0.2, -0.15) is 0 Å². The van der Waals surface area contributed by atoms with Gasteiger partial charge >= 0.3 is 6.03 Å². The fraction of sp³-hybridized carbons (Fsp3) is 0.500. The molecule has 0 saturated carbocycles. The smallest absolute Gasteiger partial charge is 0.337 e. The van der Waals surface area contributed by atoms with Gasteiger partial charge in [-0.25, -0.2) is 9.80 Å². The highest BCUT2D eigenvalue weighted by Gasteiger charge is 2.10. The van der Waals surface area contributed by atoms with Crippen molar-refractivity contribution in [1.29, 1.82) is 0 Å². The molecular weight excluding hydrogens is 144 g/mol. The first-order valence-corrected chi connectivity index (χ1v) is 3.59. The first-order chi connectivity index (χ1) is 5.34. The van der Waals surface area contributed by atoms with Gasteiger partial charge in [0.1, 0.15) is 0 Å². The minimum atomic E-state index is -0.145. The van der Waals surface area contributed by atoms with Crippen molar-refractivity contribution in [2.45, 2.75) is 13.3 Å². The molecule has 0 aromatic carbocycles. The zero-order valence-electron chi connectivity index (χ0n) is 6.42. The Kier molecular flexibility index (Phi) is 2.74. The van der Waals surface area contributed by atoms with Crippen LogP contribution in [0.3, 0.4) is 0 Å². The van der Waals surface area contributed by atoms with Crippen molar-refractivity contribution < 1.29 is 4.79 Å². The maximum absolute atomic E-state index is 11.1. The topological polar surface area (TPSA) is 56.4 Å². The van der Waals surface area contributed by atoms with Crippen LogP contribution in [0.1, 0.15) is 13.3 Å². The zero-order valence-corrected chi connectivity index (χ0v) is 6.42. The molecule has 5 nitrogen and oxygen atoms in total. The summed E-state index contributed by atoms with van der Waals surface area (Å²) in [5.41, 5.74) is 5.29. The highest BCUT2D eigenvalue weighted by molar-refractivity contribution is 5.74. The van der Waals surface area contributed by atoms with E-state index in [1.807, 2.05) is 6.92 Å². The zero-order chi connectivity index (χ0) is 8.10. The number of rotatable bonds is 2. The number of urea groups is 1. The van der Waals surface area contributed by atoms with E-state index in [9.17, 15) is 4.79 Å². The van der Waals surface area contributed by atoms with Crippen molar-refractivity contribution in [3.63, 3.8) is 0 Å². The summed E-state index contributed by atoms with van der Waals surface area (Å²) in [5, 5.41) is 4.05. The van der Waals surface area contributed by atoms with Gasteiger partial charge in [-0.3, -0.25) is 0 Å². The molecule has 0 aromatic rings. The van der Waals surface area contributed by atoms with Gasteiger partial charge in [0.2, 0.25) is 0 Å². The second-order valence-corrected chi connectivity index (χ2v) is 2.17. The van der Waals surface area contributed by atoms with Crippen LogP contribution in [0.5, 0.6) is 0 Å². The Bertz CT molecular complexity index is 168. The largest absolute Gasteiger partial charge is 0.337 e. The van der Waals surface area contributed by atoms with E-state index >= 15 is 0 Å². The summed E-state index contributed by atoms with van der Waals surface area (Å²) in [6, 6.07) is -0.145. The lowest BCUT2D eigenvalue weighted by atomic mass is 10.5. The number of carbonyl (C=O) groups is 1. The molecule has 3 N–H and O–H groups in total. The third kappa shape index (κ3) is 2.12. The molecule has 1 heterocycles. The second-order valence-electron chi connectivity index (χ2n) is 2.17. The summed E-state index contributed by atoms with van der Waals surface area (Å²) in [6.45, 7) is 2.70. The summed E-state index contributed by atoms with van der Waals surface area (Å²) in [4.78, 5) is 11.1. The van der Waals surface area contributed by atoms with Gasteiger partial charge in [-0.1, -0.05) is 6.92 Å². The number of carbonyl (C=O) groups excluding carboxylic acids is 1. The highest BCUT2D eigenvalue weighted by Crippen LogP contribution is 1.88. The van der Waals surface area contributed by atoms with Crippen LogP contribution in [0.4, 0.5) is 4.79 Å². The fourth-order valence-corrected chi connectivity index (χ4v) is 0.691. The van der Waals surface area contributed by atoms with E-state index in [-0.39, 0.29) is 6.03 Å². The van der Waals surface area contributed by atoms with Gasteiger partial charge in [0.25, 0.3) is 0 Å². The lowest BCUT2D eigenvalue weighted by molar-refractivity contribution is 0.198. The summed E-state index contributed by atoms with van der Waals surface area (Å²) < 4.78 is 0. The van der Waals surface area contributed by atoms with E-state index in [1.54, 1.807) is 12.4 Å². The summed E-state index contributed by atoms with van der Waals surface area (Å²) >= 11 is 0. The normalized spacial score (nSPS) is 14.8. The van der Waals surface area contributed by atoms with Crippen LogP contribution in [-0.4, -0.2) is 17.6 Å².